The van der Waals surface area contributed by atoms with Gasteiger partial charge in [-0.2, -0.15) is 0 Å². The van der Waals surface area contributed by atoms with Crippen LogP contribution in [0.3, 0.4) is 0 Å². The van der Waals surface area contributed by atoms with Crippen LogP contribution in [0.4, 0.5) is 5.82 Å². The number of pyridine rings is 1. The second kappa shape index (κ2) is 6.54. The summed E-state index contributed by atoms with van der Waals surface area (Å²) in [5, 5.41) is 6.05. The van der Waals surface area contributed by atoms with Gasteiger partial charge in [0.1, 0.15) is 5.82 Å². The van der Waals surface area contributed by atoms with Crippen LogP contribution >= 0.6 is 15.9 Å². The van der Waals surface area contributed by atoms with Crippen LogP contribution in [0, 0.1) is 0 Å². The number of amides is 1. The molecule has 0 spiro atoms. The van der Waals surface area contributed by atoms with E-state index < -0.39 is 0 Å². The number of ether oxygens (including phenoxy) is 1. The maximum atomic E-state index is 12.3. The predicted molar refractivity (Wildman–Crippen MR) is 82.0 cm³/mol. The van der Waals surface area contributed by atoms with E-state index >= 15 is 0 Å². The normalized spacial score (nSPS) is 16.4. The molecule has 1 aromatic rings. The Kier molecular flexibility index (Phi) is 4.99. The molecular formula is C14H20BrN3O2. The Morgan fingerprint density at radius 1 is 1.55 bits per heavy atom. The van der Waals surface area contributed by atoms with Gasteiger partial charge in [-0.1, -0.05) is 0 Å². The first-order chi connectivity index (χ1) is 9.60. The lowest BCUT2D eigenvalue weighted by molar-refractivity contribution is -0.0679. The number of hydrogen-bond acceptors (Lipinski definition) is 4. The van der Waals surface area contributed by atoms with Gasteiger partial charge >= 0.3 is 0 Å². The highest BCUT2D eigenvalue weighted by Gasteiger charge is 2.37. The van der Waals surface area contributed by atoms with E-state index in [0.29, 0.717) is 17.9 Å². The van der Waals surface area contributed by atoms with E-state index in [4.69, 9.17) is 4.74 Å². The van der Waals surface area contributed by atoms with Crippen molar-refractivity contribution >= 4 is 27.7 Å². The topological polar surface area (TPSA) is 63.2 Å². The summed E-state index contributed by atoms with van der Waals surface area (Å²) < 4.78 is 6.29. The van der Waals surface area contributed by atoms with Crippen LogP contribution in [-0.2, 0) is 4.74 Å². The first-order valence-corrected chi connectivity index (χ1v) is 7.62. The second-order valence-electron chi connectivity index (χ2n) is 5.00. The van der Waals surface area contributed by atoms with Crippen molar-refractivity contribution in [3.63, 3.8) is 0 Å². The third-order valence-corrected chi connectivity index (χ3v) is 4.15. The maximum absolute atomic E-state index is 12.3. The molecule has 0 atom stereocenters. The van der Waals surface area contributed by atoms with Crippen LogP contribution in [0.1, 0.15) is 36.5 Å². The Morgan fingerprint density at radius 3 is 2.85 bits per heavy atom. The molecular weight excluding hydrogens is 322 g/mol. The monoisotopic (exact) mass is 341 g/mol. The Hall–Kier alpha value is -1.14. The molecule has 5 nitrogen and oxygen atoms in total. The zero-order valence-electron chi connectivity index (χ0n) is 11.8. The summed E-state index contributed by atoms with van der Waals surface area (Å²) in [7, 11) is 1.70. The van der Waals surface area contributed by atoms with Crippen molar-refractivity contribution in [1.29, 1.82) is 0 Å². The molecule has 0 bridgehead atoms. The van der Waals surface area contributed by atoms with Crippen molar-refractivity contribution < 1.29 is 9.53 Å². The van der Waals surface area contributed by atoms with E-state index in [2.05, 4.69) is 31.5 Å². The van der Waals surface area contributed by atoms with Gasteiger partial charge in [0.25, 0.3) is 5.91 Å². The van der Waals surface area contributed by atoms with Crippen LogP contribution in [0.15, 0.2) is 16.7 Å². The summed E-state index contributed by atoms with van der Waals surface area (Å²) in [5.74, 6) is 0.478. The summed E-state index contributed by atoms with van der Waals surface area (Å²) in [6.45, 7) is 3.23. The van der Waals surface area contributed by atoms with Crippen LogP contribution in [0.5, 0.6) is 0 Å². The van der Waals surface area contributed by atoms with Crippen molar-refractivity contribution in [3.05, 3.63) is 22.3 Å². The fourth-order valence-electron chi connectivity index (χ4n) is 2.28. The Balaban J connectivity index is 2.06. The largest absolute Gasteiger partial charge is 0.376 e. The molecule has 1 aromatic heterocycles. The van der Waals surface area contributed by atoms with Gasteiger partial charge in [-0.25, -0.2) is 4.98 Å². The summed E-state index contributed by atoms with van der Waals surface area (Å²) in [6, 6.07) is 1.78. The van der Waals surface area contributed by atoms with E-state index in [0.717, 1.165) is 30.3 Å². The second-order valence-corrected chi connectivity index (χ2v) is 5.92. The number of nitrogens with zero attached hydrogens (tertiary/aromatic N) is 1. The molecule has 0 unspecified atom stereocenters. The molecule has 1 aliphatic carbocycles. The maximum Gasteiger partial charge on any atom is 0.255 e. The number of rotatable bonds is 6. The molecule has 6 heteroatoms. The number of nitrogens with one attached hydrogen (secondary N) is 2. The standard InChI is InChI=1S/C14H20BrN3O2/c1-3-16-12-11(7-10(15)8-17-12)13(19)18-9-14(20-2)5-4-6-14/h7-8H,3-6,9H2,1-2H3,(H,16,17)(H,18,19). The Bertz CT molecular complexity index is 484. The molecule has 0 saturated heterocycles. The zero-order chi connectivity index (χ0) is 14.6. The van der Waals surface area contributed by atoms with E-state index in [-0.39, 0.29) is 11.5 Å². The van der Waals surface area contributed by atoms with E-state index in [1.165, 1.54) is 0 Å². The third-order valence-electron chi connectivity index (χ3n) is 3.71. The fourth-order valence-corrected chi connectivity index (χ4v) is 2.61. The number of methoxy groups -OCH3 is 1. The van der Waals surface area contributed by atoms with Gasteiger partial charge in [-0.05, 0) is 48.2 Å². The van der Waals surface area contributed by atoms with Gasteiger partial charge in [0.05, 0.1) is 11.2 Å². The molecule has 1 amide bonds. The summed E-state index contributed by atoms with van der Waals surface area (Å²) in [5.41, 5.74) is 0.375. The number of aromatic nitrogens is 1. The van der Waals surface area contributed by atoms with Crippen molar-refractivity contribution in [2.24, 2.45) is 0 Å². The molecule has 1 saturated carbocycles. The van der Waals surface area contributed by atoms with Crippen LogP contribution < -0.4 is 10.6 Å². The van der Waals surface area contributed by atoms with E-state index in [9.17, 15) is 4.79 Å². The molecule has 20 heavy (non-hydrogen) atoms. The number of carbonyl (C=O) groups excluding carboxylic acids is 1. The van der Waals surface area contributed by atoms with Gasteiger partial charge in [-0.3, -0.25) is 4.79 Å². The van der Waals surface area contributed by atoms with Gasteiger partial charge < -0.3 is 15.4 Å². The highest BCUT2D eigenvalue weighted by Crippen LogP contribution is 2.34. The van der Waals surface area contributed by atoms with Crippen LogP contribution in [0.25, 0.3) is 0 Å². The smallest absolute Gasteiger partial charge is 0.255 e. The van der Waals surface area contributed by atoms with Crippen molar-refractivity contribution in [3.8, 4) is 0 Å². The number of anilines is 1. The van der Waals surface area contributed by atoms with Gasteiger partial charge in [0.2, 0.25) is 0 Å². The number of hydrogen-bond donors (Lipinski definition) is 2. The van der Waals surface area contributed by atoms with Gasteiger partial charge in [0, 0.05) is 30.9 Å². The molecule has 2 N–H and O–H groups in total. The minimum absolute atomic E-state index is 0.127. The van der Waals surface area contributed by atoms with Crippen molar-refractivity contribution in [1.82, 2.24) is 10.3 Å². The first-order valence-electron chi connectivity index (χ1n) is 6.83. The lowest BCUT2D eigenvalue weighted by Gasteiger charge is -2.40. The highest BCUT2D eigenvalue weighted by atomic mass is 79.9. The molecule has 1 fully saturated rings. The lowest BCUT2D eigenvalue weighted by atomic mass is 9.80. The minimum atomic E-state index is -0.173. The number of halogens is 1. The van der Waals surface area contributed by atoms with Gasteiger partial charge in [0.15, 0.2) is 0 Å². The zero-order valence-corrected chi connectivity index (χ0v) is 13.4. The van der Waals surface area contributed by atoms with Crippen LogP contribution in [-0.4, -0.2) is 36.7 Å². The molecule has 1 heterocycles. The lowest BCUT2D eigenvalue weighted by Crippen LogP contribution is -2.49. The molecule has 0 radical (unpaired) electrons. The average molecular weight is 342 g/mol. The van der Waals surface area contributed by atoms with Crippen molar-refractivity contribution in [2.45, 2.75) is 31.8 Å². The molecule has 0 aliphatic heterocycles. The third kappa shape index (κ3) is 3.30. The van der Waals surface area contributed by atoms with E-state index in [1.807, 2.05) is 6.92 Å². The SMILES string of the molecule is CCNc1ncc(Br)cc1C(=O)NCC1(OC)CCC1. The Labute approximate surface area is 127 Å². The minimum Gasteiger partial charge on any atom is -0.376 e. The predicted octanol–water partition coefficient (Wildman–Crippen LogP) is 2.57. The van der Waals surface area contributed by atoms with Crippen molar-refractivity contribution in [2.75, 3.05) is 25.5 Å². The Morgan fingerprint density at radius 2 is 2.30 bits per heavy atom. The fraction of sp³-hybridized carbons (Fsp3) is 0.571. The first kappa shape index (κ1) is 15.3. The summed E-state index contributed by atoms with van der Waals surface area (Å²) in [6.07, 6.45) is 4.84. The average Bonchev–Trinajstić information content (AvgIpc) is 2.40. The summed E-state index contributed by atoms with van der Waals surface area (Å²) >= 11 is 3.35. The molecule has 110 valence electrons. The molecule has 0 aromatic carbocycles. The van der Waals surface area contributed by atoms with E-state index in [1.54, 1.807) is 19.4 Å². The van der Waals surface area contributed by atoms with Gasteiger partial charge in [-0.15, -0.1) is 0 Å². The molecule has 1 aliphatic rings. The molecule has 2 rings (SSSR count). The van der Waals surface area contributed by atoms with Crippen LogP contribution in [0.2, 0.25) is 0 Å². The summed E-state index contributed by atoms with van der Waals surface area (Å²) in [4.78, 5) is 16.6. The quantitative estimate of drug-likeness (QED) is 0.834. The highest BCUT2D eigenvalue weighted by molar-refractivity contribution is 9.10. The number of carbonyl (C=O) groups is 1.